The summed E-state index contributed by atoms with van der Waals surface area (Å²) in [4.78, 5) is 20.4. The molecule has 1 N–H and O–H groups in total. The molecule has 140 valence electrons. The normalized spacial score (nSPS) is 17.9. The first-order valence-electron chi connectivity index (χ1n) is 9.23. The summed E-state index contributed by atoms with van der Waals surface area (Å²) >= 11 is 1.67. The number of hydrogen-bond donors (Lipinski definition) is 1. The molecule has 4 rings (SSSR count). The molecule has 2 heterocycles. The van der Waals surface area contributed by atoms with Crippen molar-refractivity contribution < 1.29 is 9.21 Å². The first kappa shape index (κ1) is 18.1. The summed E-state index contributed by atoms with van der Waals surface area (Å²) in [6.45, 7) is 2.11. The minimum absolute atomic E-state index is 0.0199. The number of anilines is 1. The smallest absolute Gasteiger partial charge is 0.238 e. The lowest BCUT2D eigenvalue weighted by molar-refractivity contribution is -0.117. The predicted molar refractivity (Wildman–Crippen MR) is 109 cm³/mol. The number of rotatable bonds is 5. The third kappa shape index (κ3) is 4.34. The van der Waals surface area contributed by atoms with Gasteiger partial charge in [0.1, 0.15) is 5.52 Å². The van der Waals surface area contributed by atoms with Gasteiger partial charge in [0.05, 0.1) is 6.54 Å². The number of nitrogens with zero attached hydrogens (tertiary/aromatic N) is 2. The molecular formula is C21H23N3O2S. The third-order valence-corrected chi connectivity index (χ3v) is 5.61. The van der Waals surface area contributed by atoms with Gasteiger partial charge < -0.3 is 9.73 Å². The Morgan fingerprint density at radius 1 is 1.30 bits per heavy atom. The second kappa shape index (κ2) is 8.15. The van der Waals surface area contributed by atoms with Gasteiger partial charge >= 0.3 is 0 Å². The van der Waals surface area contributed by atoms with Gasteiger partial charge in [-0.3, -0.25) is 9.69 Å². The highest BCUT2D eigenvalue weighted by Gasteiger charge is 2.26. The van der Waals surface area contributed by atoms with Crippen LogP contribution in [0.5, 0.6) is 0 Å². The van der Waals surface area contributed by atoms with Crippen LogP contribution in [0.1, 0.15) is 24.7 Å². The number of carbonyl (C=O) groups is 1. The monoisotopic (exact) mass is 381 g/mol. The van der Waals surface area contributed by atoms with E-state index in [9.17, 15) is 4.79 Å². The van der Waals surface area contributed by atoms with E-state index in [1.165, 1.54) is 0 Å². The van der Waals surface area contributed by atoms with Gasteiger partial charge in [0.25, 0.3) is 0 Å². The Kier molecular flexibility index (Phi) is 5.45. The predicted octanol–water partition coefficient (Wildman–Crippen LogP) is 4.37. The fourth-order valence-corrected chi connectivity index (χ4v) is 4.03. The molecule has 5 nitrogen and oxygen atoms in total. The zero-order valence-electron chi connectivity index (χ0n) is 15.4. The lowest BCUT2D eigenvalue weighted by Gasteiger charge is -2.30. The fourth-order valence-electron chi connectivity index (χ4n) is 3.57. The van der Waals surface area contributed by atoms with Crippen LogP contribution in [0, 0.1) is 0 Å². The number of likely N-dealkylation sites (tertiary alicyclic amines) is 1. The maximum Gasteiger partial charge on any atom is 0.238 e. The Hall–Kier alpha value is -2.31. The van der Waals surface area contributed by atoms with Crippen molar-refractivity contribution in [2.45, 2.75) is 23.7 Å². The Labute approximate surface area is 163 Å². The Morgan fingerprint density at radius 2 is 2.19 bits per heavy atom. The van der Waals surface area contributed by atoms with Crippen molar-refractivity contribution in [3.63, 3.8) is 0 Å². The number of piperidine rings is 1. The van der Waals surface area contributed by atoms with Crippen LogP contribution in [0.15, 0.2) is 57.8 Å². The van der Waals surface area contributed by atoms with E-state index in [2.05, 4.69) is 15.2 Å². The Balaban J connectivity index is 1.38. The number of hydrogen-bond acceptors (Lipinski definition) is 5. The van der Waals surface area contributed by atoms with E-state index in [-0.39, 0.29) is 11.8 Å². The molecule has 0 spiro atoms. The second-order valence-corrected chi connectivity index (χ2v) is 7.75. The van der Waals surface area contributed by atoms with E-state index in [4.69, 9.17) is 4.42 Å². The highest BCUT2D eigenvalue weighted by atomic mass is 32.2. The van der Waals surface area contributed by atoms with Crippen molar-refractivity contribution in [1.82, 2.24) is 9.88 Å². The SMILES string of the molecule is CSc1cccc(NC(=O)CN2CCCC(c3nc4ccccc4o3)C2)c1. The van der Waals surface area contributed by atoms with E-state index in [0.717, 1.165) is 53.5 Å². The molecule has 0 aliphatic carbocycles. The molecule has 1 aliphatic rings. The average Bonchev–Trinajstić information content (AvgIpc) is 3.12. The largest absolute Gasteiger partial charge is 0.440 e. The topological polar surface area (TPSA) is 58.4 Å². The molecule has 3 aromatic rings. The van der Waals surface area contributed by atoms with Gasteiger partial charge in [0.2, 0.25) is 5.91 Å². The van der Waals surface area contributed by atoms with E-state index in [0.29, 0.717) is 6.54 Å². The lowest BCUT2D eigenvalue weighted by Crippen LogP contribution is -2.39. The number of oxazole rings is 1. The number of fused-ring (bicyclic) bond motifs is 1. The second-order valence-electron chi connectivity index (χ2n) is 6.87. The zero-order valence-corrected chi connectivity index (χ0v) is 16.2. The molecular weight excluding hydrogens is 358 g/mol. The van der Waals surface area contributed by atoms with E-state index in [1.54, 1.807) is 11.8 Å². The van der Waals surface area contributed by atoms with Crippen molar-refractivity contribution in [2.75, 3.05) is 31.2 Å². The number of nitrogens with one attached hydrogen (secondary N) is 1. The molecule has 0 saturated carbocycles. The number of amides is 1. The third-order valence-electron chi connectivity index (χ3n) is 4.89. The number of carbonyl (C=O) groups excluding carboxylic acids is 1. The summed E-state index contributed by atoms with van der Waals surface area (Å²) in [5.41, 5.74) is 2.58. The first-order valence-corrected chi connectivity index (χ1v) is 10.5. The molecule has 6 heteroatoms. The standard InChI is InChI=1S/C21H23N3O2S/c1-27-17-8-4-7-16(12-17)22-20(25)14-24-11-5-6-15(13-24)21-23-18-9-2-3-10-19(18)26-21/h2-4,7-10,12,15H,5-6,11,13-14H2,1H3,(H,22,25). The molecule has 27 heavy (non-hydrogen) atoms. The summed E-state index contributed by atoms with van der Waals surface area (Å²) in [7, 11) is 0. The summed E-state index contributed by atoms with van der Waals surface area (Å²) < 4.78 is 5.94. The van der Waals surface area contributed by atoms with Gasteiger partial charge in [-0.15, -0.1) is 11.8 Å². The molecule has 0 bridgehead atoms. The molecule has 1 saturated heterocycles. The summed E-state index contributed by atoms with van der Waals surface area (Å²) in [6, 6.07) is 15.8. The first-order chi connectivity index (χ1) is 13.2. The minimum Gasteiger partial charge on any atom is -0.440 e. The van der Waals surface area contributed by atoms with Crippen LogP contribution in [0.2, 0.25) is 0 Å². The fraction of sp³-hybridized carbons (Fsp3) is 0.333. The van der Waals surface area contributed by atoms with Gasteiger partial charge in [-0.25, -0.2) is 4.98 Å². The highest BCUT2D eigenvalue weighted by Crippen LogP contribution is 2.29. The summed E-state index contributed by atoms with van der Waals surface area (Å²) in [5, 5.41) is 3.01. The van der Waals surface area contributed by atoms with E-state index in [1.807, 2.05) is 54.8 Å². The minimum atomic E-state index is 0.0199. The maximum atomic E-state index is 12.5. The van der Waals surface area contributed by atoms with Gasteiger partial charge in [0.15, 0.2) is 11.5 Å². The van der Waals surface area contributed by atoms with Crippen LogP contribution in [0.4, 0.5) is 5.69 Å². The van der Waals surface area contributed by atoms with Crippen LogP contribution >= 0.6 is 11.8 Å². The molecule has 0 radical (unpaired) electrons. The zero-order chi connectivity index (χ0) is 18.6. The average molecular weight is 382 g/mol. The Bertz CT molecular complexity index is 907. The van der Waals surface area contributed by atoms with Gasteiger partial charge in [-0.2, -0.15) is 0 Å². The molecule has 1 aromatic heterocycles. The number of aromatic nitrogens is 1. The Morgan fingerprint density at radius 3 is 3.04 bits per heavy atom. The maximum absolute atomic E-state index is 12.5. The van der Waals surface area contributed by atoms with Crippen molar-refractivity contribution in [3.8, 4) is 0 Å². The number of para-hydroxylation sites is 2. The van der Waals surface area contributed by atoms with Crippen molar-refractivity contribution in [1.29, 1.82) is 0 Å². The van der Waals surface area contributed by atoms with E-state index < -0.39 is 0 Å². The van der Waals surface area contributed by atoms with Crippen LogP contribution < -0.4 is 5.32 Å². The van der Waals surface area contributed by atoms with Gasteiger partial charge in [0, 0.05) is 23.0 Å². The molecule has 1 amide bonds. The van der Waals surface area contributed by atoms with Crippen molar-refractivity contribution in [3.05, 3.63) is 54.4 Å². The van der Waals surface area contributed by atoms with Gasteiger partial charge in [-0.1, -0.05) is 18.2 Å². The quantitative estimate of drug-likeness (QED) is 0.665. The molecule has 1 fully saturated rings. The van der Waals surface area contributed by atoms with Crippen molar-refractivity contribution >= 4 is 34.5 Å². The summed E-state index contributed by atoms with van der Waals surface area (Å²) in [5.74, 6) is 1.04. The highest BCUT2D eigenvalue weighted by molar-refractivity contribution is 7.98. The van der Waals surface area contributed by atoms with Crippen LogP contribution in [-0.4, -0.2) is 41.7 Å². The number of benzene rings is 2. The molecule has 2 aromatic carbocycles. The van der Waals surface area contributed by atoms with Crippen LogP contribution in [-0.2, 0) is 4.79 Å². The van der Waals surface area contributed by atoms with Crippen LogP contribution in [0.3, 0.4) is 0 Å². The molecule has 1 atom stereocenters. The number of thioether (sulfide) groups is 1. The lowest BCUT2D eigenvalue weighted by atomic mass is 9.98. The summed E-state index contributed by atoms with van der Waals surface area (Å²) in [6.07, 6.45) is 4.11. The van der Waals surface area contributed by atoms with Crippen LogP contribution in [0.25, 0.3) is 11.1 Å². The molecule has 1 aliphatic heterocycles. The van der Waals surface area contributed by atoms with E-state index >= 15 is 0 Å². The van der Waals surface area contributed by atoms with Crippen molar-refractivity contribution in [2.24, 2.45) is 0 Å². The van der Waals surface area contributed by atoms with Gasteiger partial charge in [-0.05, 0) is 56.0 Å². The molecule has 1 unspecified atom stereocenters.